The van der Waals surface area contributed by atoms with E-state index >= 15 is 0 Å². The largest absolute Gasteiger partial charge is 0.459 e. The first-order valence-corrected chi connectivity index (χ1v) is 8.66. The van der Waals surface area contributed by atoms with Gasteiger partial charge in [-0.15, -0.1) is 36.2 Å². The molecule has 8 heteroatoms. The van der Waals surface area contributed by atoms with Crippen molar-refractivity contribution in [2.24, 2.45) is 11.7 Å². The molecule has 1 atom stereocenters. The number of nitrogens with two attached hydrogens (primary N) is 1. The molecule has 2 aromatic heterocycles. The highest BCUT2D eigenvalue weighted by Crippen LogP contribution is 2.30. The second-order valence-electron chi connectivity index (χ2n) is 6.27. The highest BCUT2D eigenvalue weighted by atomic mass is 35.5. The number of rotatable bonds is 6. The fourth-order valence-corrected chi connectivity index (χ4v) is 3.22. The van der Waals surface area contributed by atoms with Crippen LogP contribution in [0.2, 0.25) is 0 Å². The lowest BCUT2D eigenvalue weighted by atomic mass is 10.0. The monoisotopic (exact) mass is 407 g/mol. The highest BCUT2D eigenvalue weighted by molar-refractivity contribution is 7.17. The number of halogens is 2. The molecule has 0 fully saturated rings. The Morgan fingerprint density at radius 1 is 1.32 bits per heavy atom. The van der Waals surface area contributed by atoms with Gasteiger partial charge in [-0.3, -0.25) is 4.79 Å². The molecule has 0 aromatic carbocycles. The second-order valence-corrected chi connectivity index (χ2v) is 7.27. The molecule has 0 spiro atoms. The van der Waals surface area contributed by atoms with Crippen molar-refractivity contribution in [1.82, 2.24) is 9.88 Å². The molecule has 2 N–H and O–H groups in total. The number of amides is 1. The second kappa shape index (κ2) is 10.2. The molecule has 5 nitrogen and oxygen atoms in total. The van der Waals surface area contributed by atoms with E-state index in [0.717, 1.165) is 22.9 Å². The lowest BCUT2D eigenvalue weighted by Crippen LogP contribution is -2.34. The normalized spacial score (nSPS) is 11.6. The van der Waals surface area contributed by atoms with Gasteiger partial charge >= 0.3 is 0 Å². The highest BCUT2D eigenvalue weighted by Gasteiger charge is 2.21. The van der Waals surface area contributed by atoms with Crippen LogP contribution in [0.5, 0.6) is 0 Å². The van der Waals surface area contributed by atoms with Crippen molar-refractivity contribution in [1.29, 1.82) is 0 Å². The number of carbonyl (C=O) groups is 1. The summed E-state index contributed by atoms with van der Waals surface area (Å²) in [5.41, 5.74) is 6.80. The third-order valence-electron chi connectivity index (χ3n) is 3.94. The standard InChI is InChI=1S/C17H25N3O2S.2ClH/c1-10(2)13(18)8-9-20(5)17(21)15-12(4)19-16(23-15)14-7-6-11(3)22-14;;/h6-7,10,13H,8-9,18H2,1-5H3;2*1H. The molecule has 2 heterocycles. The van der Waals surface area contributed by atoms with Crippen molar-refractivity contribution in [2.75, 3.05) is 13.6 Å². The average Bonchev–Trinajstić information content (AvgIpc) is 3.09. The minimum absolute atomic E-state index is 0. The summed E-state index contributed by atoms with van der Waals surface area (Å²) in [5, 5.41) is 0.742. The fourth-order valence-electron chi connectivity index (χ4n) is 2.20. The first-order valence-electron chi connectivity index (χ1n) is 7.85. The molecule has 0 radical (unpaired) electrons. The molecule has 0 bridgehead atoms. The first-order chi connectivity index (χ1) is 10.8. The third-order valence-corrected chi connectivity index (χ3v) is 5.10. The number of nitrogens with zero attached hydrogens (tertiary/aromatic N) is 2. The van der Waals surface area contributed by atoms with Crippen molar-refractivity contribution < 1.29 is 9.21 Å². The molecule has 1 amide bonds. The van der Waals surface area contributed by atoms with Crippen molar-refractivity contribution >= 4 is 42.1 Å². The van der Waals surface area contributed by atoms with Crippen LogP contribution in [0.15, 0.2) is 16.5 Å². The van der Waals surface area contributed by atoms with Crippen LogP contribution < -0.4 is 5.73 Å². The predicted molar refractivity (Wildman–Crippen MR) is 108 cm³/mol. The maximum atomic E-state index is 12.6. The molecule has 0 saturated heterocycles. The van der Waals surface area contributed by atoms with Gasteiger partial charge in [-0.05, 0) is 38.3 Å². The summed E-state index contributed by atoms with van der Waals surface area (Å²) in [7, 11) is 1.81. The molecule has 1 unspecified atom stereocenters. The molecule has 0 aliphatic carbocycles. The number of hydrogen-bond donors (Lipinski definition) is 1. The van der Waals surface area contributed by atoms with E-state index in [9.17, 15) is 4.79 Å². The summed E-state index contributed by atoms with van der Waals surface area (Å²) in [6.07, 6.45) is 0.794. The van der Waals surface area contributed by atoms with E-state index in [0.29, 0.717) is 23.1 Å². The van der Waals surface area contributed by atoms with E-state index in [-0.39, 0.29) is 36.8 Å². The van der Waals surface area contributed by atoms with Crippen LogP contribution in [0.4, 0.5) is 0 Å². The molecular weight excluding hydrogens is 381 g/mol. The SMILES string of the molecule is Cc1ccc(-c2nc(C)c(C(=O)N(C)CCC(N)C(C)C)s2)o1.Cl.Cl. The maximum Gasteiger partial charge on any atom is 0.265 e. The zero-order chi connectivity index (χ0) is 17.1. The average molecular weight is 408 g/mol. The van der Waals surface area contributed by atoms with Crippen LogP contribution in [-0.4, -0.2) is 35.4 Å². The van der Waals surface area contributed by atoms with Crippen molar-refractivity contribution in [3.8, 4) is 10.8 Å². The lowest BCUT2D eigenvalue weighted by molar-refractivity contribution is 0.0793. The molecular formula is C17H27Cl2N3O2S. The minimum atomic E-state index is -0.00881. The molecule has 2 aromatic rings. The Morgan fingerprint density at radius 2 is 1.96 bits per heavy atom. The first kappa shape index (κ1) is 23.9. The topological polar surface area (TPSA) is 72.4 Å². The third kappa shape index (κ3) is 5.99. The van der Waals surface area contributed by atoms with E-state index in [1.165, 1.54) is 11.3 Å². The van der Waals surface area contributed by atoms with Crippen molar-refractivity contribution in [3.63, 3.8) is 0 Å². The Kier molecular flexibility index (Phi) is 9.72. The fraction of sp³-hybridized carbons (Fsp3) is 0.529. The van der Waals surface area contributed by atoms with Crippen LogP contribution in [0.1, 0.15) is 41.4 Å². The van der Waals surface area contributed by atoms with Gasteiger partial charge in [0.2, 0.25) is 0 Å². The van der Waals surface area contributed by atoms with E-state index in [2.05, 4.69) is 18.8 Å². The molecule has 0 aliphatic rings. The number of thiazole rings is 1. The van der Waals surface area contributed by atoms with Crippen LogP contribution in [-0.2, 0) is 0 Å². The van der Waals surface area contributed by atoms with Gasteiger partial charge in [-0.2, -0.15) is 0 Å². The Bertz CT molecular complexity index is 685. The smallest absolute Gasteiger partial charge is 0.265 e. The number of hydrogen-bond acceptors (Lipinski definition) is 5. The molecule has 0 aliphatic heterocycles. The van der Waals surface area contributed by atoms with E-state index in [1.54, 1.807) is 4.90 Å². The van der Waals surface area contributed by atoms with Crippen LogP contribution >= 0.6 is 36.2 Å². The molecule has 2 rings (SSSR count). The number of carbonyl (C=O) groups excluding carboxylic acids is 1. The van der Waals surface area contributed by atoms with Crippen LogP contribution in [0.25, 0.3) is 10.8 Å². The van der Waals surface area contributed by atoms with Crippen molar-refractivity contribution in [3.05, 3.63) is 28.5 Å². The summed E-state index contributed by atoms with van der Waals surface area (Å²) < 4.78 is 5.59. The quantitative estimate of drug-likeness (QED) is 0.773. The number of furan rings is 1. The van der Waals surface area contributed by atoms with Gasteiger partial charge in [-0.25, -0.2) is 4.98 Å². The predicted octanol–water partition coefficient (Wildman–Crippen LogP) is 4.31. The van der Waals surface area contributed by atoms with Gasteiger partial charge in [0.1, 0.15) is 10.6 Å². The number of aryl methyl sites for hydroxylation is 2. The molecule has 0 saturated carbocycles. The van der Waals surface area contributed by atoms with Gasteiger partial charge in [0.05, 0.1) is 5.69 Å². The van der Waals surface area contributed by atoms with Gasteiger partial charge in [0, 0.05) is 19.6 Å². The van der Waals surface area contributed by atoms with E-state index in [1.807, 2.05) is 33.0 Å². The van der Waals surface area contributed by atoms with E-state index < -0.39 is 0 Å². The van der Waals surface area contributed by atoms with Crippen LogP contribution in [0.3, 0.4) is 0 Å². The molecule has 25 heavy (non-hydrogen) atoms. The minimum Gasteiger partial charge on any atom is -0.459 e. The van der Waals surface area contributed by atoms with Crippen molar-refractivity contribution in [2.45, 2.75) is 40.2 Å². The zero-order valence-corrected chi connectivity index (χ0v) is 17.7. The zero-order valence-electron chi connectivity index (χ0n) is 15.2. The summed E-state index contributed by atoms with van der Waals surface area (Å²) in [5.74, 6) is 1.95. The van der Waals surface area contributed by atoms with Crippen LogP contribution in [0, 0.1) is 19.8 Å². The maximum absolute atomic E-state index is 12.6. The van der Waals surface area contributed by atoms with Gasteiger partial charge < -0.3 is 15.1 Å². The molecule has 142 valence electrons. The number of aromatic nitrogens is 1. The Morgan fingerprint density at radius 3 is 2.48 bits per heavy atom. The Labute approximate surface area is 165 Å². The van der Waals surface area contributed by atoms with Gasteiger partial charge in [-0.1, -0.05) is 13.8 Å². The Balaban J connectivity index is 0.00000288. The Hall–Kier alpha value is -1.08. The lowest BCUT2D eigenvalue weighted by Gasteiger charge is -2.21. The van der Waals surface area contributed by atoms with E-state index in [4.69, 9.17) is 10.2 Å². The summed E-state index contributed by atoms with van der Waals surface area (Å²) in [6.45, 7) is 8.58. The summed E-state index contributed by atoms with van der Waals surface area (Å²) in [6, 6.07) is 3.88. The summed E-state index contributed by atoms with van der Waals surface area (Å²) >= 11 is 1.38. The summed E-state index contributed by atoms with van der Waals surface area (Å²) in [4.78, 5) is 19.5. The van der Waals surface area contributed by atoms with Gasteiger partial charge in [0.25, 0.3) is 5.91 Å². The van der Waals surface area contributed by atoms with Gasteiger partial charge in [0.15, 0.2) is 10.8 Å².